The van der Waals surface area contributed by atoms with Gasteiger partial charge in [-0.1, -0.05) is 38.3 Å². The molecule has 0 radical (unpaired) electrons. The van der Waals surface area contributed by atoms with E-state index in [-0.39, 0.29) is 12.2 Å². The first-order valence-corrected chi connectivity index (χ1v) is 6.88. The molecule has 0 saturated carbocycles. The van der Waals surface area contributed by atoms with Crippen LogP contribution in [0.2, 0.25) is 0 Å². The maximum Gasteiger partial charge on any atom is 0.106 e. The Hall–Kier alpha value is -1.06. The summed E-state index contributed by atoms with van der Waals surface area (Å²) in [4.78, 5) is 0. The molecule has 0 aliphatic carbocycles. The first-order valence-electron chi connectivity index (χ1n) is 6.88. The van der Waals surface area contributed by atoms with E-state index in [9.17, 15) is 0 Å². The largest absolute Gasteiger partial charge is 0.399 e. The summed E-state index contributed by atoms with van der Waals surface area (Å²) < 4.78 is 11.7. The van der Waals surface area contributed by atoms with Crippen LogP contribution in [0, 0.1) is 0 Å². The molecule has 1 fully saturated rings. The van der Waals surface area contributed by atoms with Gasteiger partial charge in [-0.3, -0.25) is 0 Å². The first-order chi connectivity index (χ1) is 8.79. The van der Waals surface area contributed by atoms with Crippen molar-refractivity contribution in [3.8, 4) is 0 Å². The second-order valence-electron chi connectivity index (χ2n) is 4.94. The lowest BCUT2D eigenvalue weighted by Gasteiger charge is -2.30. The molecule has 100 valence electrons. The molecule has 2 atom stereocenters. The lowest BCUT2D eigenvalue weighted by Crippen LogP contribution is -2.31. The van der Waals surface area contributed by atoms with Crippen LogP contribution in [-0.2, 0) is 9.47 Å². The van der Waals surface area contributed by atoms with Gasteiger partial charge in [0.2, 0.25) is 0 Å². The Morgan fingerprint density at radius 3 is 2.50 bits per heavy atom. The van der Waals surface area contributed by atoms with Gasteiger partial charge in [0.1, 0.15) is 6.10 Å². The van der Waals surface area contributed by atoms with E-state index in [0.29, 0.717) is 13.2 Å². The first kappa shape index (κ1) is 13.4. The second-order valence-corrected chi connectivity index (χ2v) is 4.94. The normalized spacial score (nSPS) is 24.1. The van der Waals surface area contributed by atoms with Crippen molar-refractivity contribution < 1.29 is 9.47 Å². The Labute approximate surface area is 109 Å². The molecule has 18 heavy (non-hydrogen) atoms. The van der Waals surface area contributed by atoms with Gasteiger partial charge in [0, 0.05) is 5.69 Å². The zero-order valence-corrected chi connectivity index (χ0v) is 11.1. The molecule has 3 heteroatoms. The van der Waals surface area contributed by atoms with Crippen molar-refractivity contribution >= 4 is 5.69 Å². The number of anilines is 1. The minimum Gasteiger partial charge on any atom is -0.399 e. The molecule has 0 amide bonds. The minimum absolute atomic E-state index is 0.0630. The lowest BCUT2D eigenvalue weighted by molar-refractivity contribution is -0.137. The van der Waals surface area contributed by atoms with E-state index < -0.39 is 0 Å². The molecule has 2 N–H and O–H groups in total. The number of nitrogens with two attached hydrogens (primary N) is 1. The van der Waals surface area contributed by atoms with Crippen LogP contribution in [0.1, 0.15) is 44.3 Å². The third-order valence-electron chi connectivity index (χ3n) is 3.40. The Morgan fingerprint density at radius 2 is 1.89 bits per heavy atom. The minimum atomic E-state index is 0.0630. The van der Waals surface area contributed by atoms with Crippen LogP contribution >= 0.6 is 0 Å². The lowest BCUT2D eigenvalue weighted by atomic mass is 10.1. The van der Waals surface area contributed by atoms with Gasteiger partial charge in [-0.15, -0.1) is 0 Å². The van der Waals surface area contributed by atoms with E-state index in [0.717, 1.165) is 17.7 Å². The summed E-state index contributed by atoms with van der Waals surface area (Å²) in [5.74, 6) is 0. The van der Waals surface area contributed by atoms with Crippen molar-refractivity contribution in [2.45, 2.75) is 44.8 Å². The van der Waals surface area contributed by atoms with Gasteiger partial charge in [-0.25, -0.2) is 0 Å². The second kappa shape index (κ2) is 6.76. The number of nitrogen functional groups attached to an aromatic ring is 1. The summed E-state index contributed by atoms with van der Waals surface area (Å²) in [5, 5.41) is 0. The van der Waals surface area contributed by atoms with E-state index in [2.05, 4.69) is 6.92 Å². The van der Waals surface area contributed by atoms with E-state index in [1.165, 1.54) is 19.3 Å². The van der Waals surface area contributed by atoms with Crippen molar-refractivity contribution in [2.24, 2.45) is 0 Å². The number of benzene rings is 1. The fourth-order valence-electron chi connectivity index (χ4n) is 2.23. The highest BCUT2D eigenvalue weighted by Gasteiger charge is 2.22. The molecule has 1 aromatic rings. The molecular weight excluding hydrogens is 226 g/mol. The van der Waals surface area contributed by atoms with E-state index in [4.69, 9.17) is 15.2 Å². The van der Waals surface area contributed by atoms with Crippen LogP contribution in [-0.4, -0.2) is 19.3 Å². The Bertz CT molecular complexity index is 342. The highest BCUT2D eigenvalue weighted by molar-refractivity contribution is 5.39. The van der Waals surface area contributed by atoms with Crippen LogP contribution in [0.25, 0.3) is 0 Å². The average molecular weight is 249 g/mol. The van der Waals surface area contributed by atoms with Gasteiger partial charge in [-0.2, -0.15) is 0 Å². The Morgan fingerprint density at radius 1 is 1.11 bits per heavy atom. The predicted octanol–water partition coefficient (Wildman–Crippen LogP) is 3.31. The van der Waals surface area contributed by atoms with Gasteiger partial charge in [0.15, 0.2) is 0 Å². The maximum atomic E-state index is 5.88. The van der Waals surface area contributed by atoms with Crippen molar-refractivity contribution in [3.63, 3.8) is 0 Å². The van der Waals surface area contributed by atoms with Crippen molar-refractivity contribution in [2.75, 3.05) is 18.9 Å². The van der Waals surface area contributed by atoms with E-state index >= 15 is 0 Å². The molecule has 1 aromatic carbocycles. The summed E-state index contributed by atoms with van der Waals surface area (Å²) in [6.45, 7) is 3.58. The van der Waals surface area contributed by atoms with Crippen LogP contribution in [0.5, 0.6) is 0 Å². The van der Waals surface area contributed by atoms with Crippen LogP contribution in [0.15, 0.2) is 24.3 Å². The van der Waals surface area contributed by atoms with E-state index in [1.54, 1.807) is 0 Å². The Balaban J connectivity index is 1.77. The summed E-state index contributed by atoms with van der Waals surface area (Å²) in [6, 6.07) is 7.85. The smallest absolute Gasteiger partial charge is 0.106 e. The monoisotopic (exact) mass is 249 g/mol. The third kappa shape index (κ3) is 3.72. The van der Waals surface area contributed by atoms with Crippen LogP contribution < -0.4 is 5.73 Å². The van der Waals surface area contributed by atoms with E-state index in [1.807, 2.05) is 24.3 Å². The Kier molecular flexibility index (Phi) is 5.02. The van der Waals surface area contributed by atoms with Crippen molar-refractivity contribution in [1.29, 1.82) is 0 Å². The number of rotatable bonds is 5. The fourth-order valence-corrected chi connectivity index (χ4v) is 2.23. The van der Waals surface area contributed by atoms with Crippen LogP contribution in [0.3, 0.4) is 0 Å². The van der Waals surface area contributed by atoms with Crippen molar-refractivity contribution in [1.82, 2.24) is 0 Å². The zero-order chi connectivity index (χ0) is 12.8. The number of hydrogen-bond donors (Lipinski definition) is 1. The third-order valence-corrected chi connectivity index (χ3v) is 3.40. The van der Waals surface area contributed by atoms with Gasteiger partial charge in [0.05, 0.1) is 19.3 Å². The number of hydrogen-bond acceptors (Lipinski definition) is 3. The molecule has 1 aliphatic rings. The van der Waals surface area contributed by atoms with Gasteiger partial charge >= 0.3 is 0 Å². The maximum absolute atomic E-state index is 5.88. The highest BCUT2D eigenvalue weighted by Crippen LogP contribution is 2.25. The summed E-state index contributed by atoms with van der Waals surface area (Å²) in [7, 11) is 0. The SMILES string of the molecule is CCCCCC1COC(c2ccc(N)cc2)CO1. The molecule has 0 bridgehead atoms. The fraction of sp³-hybridized carbons (Fsp3) is 0.600. The zero-order valence-electron chi connectivity index (χ0n) is 11.1. The predicted molar refractivity (Wildman–Crippen MR) is 73.4 cm³/mol. The molecule has 1 aliphatic heterocycles. The quantitative estimate of drug-likeness (QED) is 0.643. The molecule has 3 nitrogen and oxygen atoms in total. The van der Waals surface area contributed by atoms with Gasteiger partial charge in [-0.05, 0) is 24.1 Å². The molecule has 0 aromatic heterocycles. The summed E-state index contributed by atoms with van der Waals surface area (Å²) in [6.07, 6.45) is 5.22. The summed E-state index contributed by atoms with van der Waals surface area (Å²) in [5.41, 5.74) is 7.61. The number of unbranched alkanes of at least 4 members (excludes halogenated alkanes) is 2. The molecule has 1 heterocycles. The standard InChI is InChI=1S/C15H23NO2/c1-2-3-4-5-14-10-18-15(11-17-14)12-6-8-13(16)9-7-12/h6-9,14-15H,2-5,10-11,16H2,1H3. The average Bonchev–Trinajstić information content (AvgIpc) is 2.41. The number of ether oxygens (including phenoxy) is 2. The van der Waals surface area contributed by atoms with Gasteiger partial charge in [0.25, 0.3) is 0 Å². The molecule has 1 saturated heterocycles. The topological polar surface area (TPSA) is 44.5 Å². The molecule has 2 unspecified atom stereocenters. The molecule has 2 rings (SSSR count). The molecule has 0 spiro atoms. The van der Waals surface area contributed by atoms with Crippen molar-refractivity contribution in [3.05, 3.63) is 29.8 Å². The summed E-state index contributed by atoms with van der Waals surface area (Å²) >= 11 is 0. The highest BCUT2D eigenvalue weighted by atomic mass is 16.6. The van der Waals surface area contributed by atoms with Crippen LogP contribution in [0.4, 0.5) is 5.69 Å². The molecular formula is C15H23NO2. The van der Waals surface area contributed by atoms with Gasteiger partial charge < -0.3 is 15.2 Å².